The van der Waals surface area contributed by atoms with E-state index in [0.29, 0.717) is 24.9 Å². The molecular formula is C16H23NO2. The van der Waals surface area contributed by atoms with Crippen LogP contribution in [0.1, 0.15) is 25.3 Å². The monoisotopic (exact) mass is 261 g/mol. The van der Waals surface area contributed by atoms with Crippen LogP contribution in [0.3, 0.4) is 0 Å². The van der Waals surface area contributed by atoms with E-state index in [2.05, 4.69) is 4.90 Å². The minimum absolute atomic E-state index is 0.307. The second kappa shape index (κ2) is 7.41. The molecule has 104 valence electrons. The maximum atomic E-state index is 12.0. The molecule has 0 saturated carbocycles. The summed E-state index contributed by atoms with van der Waals surface area (Å²) in [4.78, 5) is 14.3. The summed E-state index contributed by atoms with van der Waals surface area (Å²) in [5.41, 5.74) is 1.11. The zero-order chi connectivity index (χ0) is 13.5. The number of hydrogen-bond donors (Lipinski definition) is 0. The maximum Gasteiger partial charge on any atom is 0.151 e. The van der Waals surface area contributed by atoms with Crippen molar-refractivity contribution >= 4 is 5.78 Å². The summed E-state index contributed by atoms with van der Waals surface area (Å²) in [5, 5.41) is 0. The Balaban J connectivity index is 1.72. The molecule has 0 spiro atoms. The molecule has 19 heavy (non-hydrogen) atoms. The second-order valence-corrected chi connectivity index (χ2v) is 5.13. The summed E-state index contributed by atoms with van der Waals surface area (Å²) in [6, 6.07) is 9.97. The summed E-state index contributed by atoms with van der Waals surface area (Å²) in [6.45, 7) is 5.36. The van der Waals surface area contributed by atoms with Crippen molar-refractivity contribution < 1.29 is 9.53 Å². The van der Waals surface area contributed by atoms with Gasteiger partial charge in [0.15, 0.2) is 5.78 Å². The first-order valence-electron chi connectivity index (χ1n) is 7.17. The summed E-state index contributed by atoms with van der Waals surface area (Å²) in [6.07, 6.45) is 3.04. The molecular weight excluding hydrogens is 238 g/mol. The largest absolute Gasteiger partial charge is 0.378 e. The van der Waals surface area contributed by atoms with Crippen LogP contribution in [0.4, 0.5) is 0 Å². The van der Waals surface area contributed by atoms with Crippen LogP contribution in [0, 0.1) is 0 Å². The van der Waals surface area contributed by atoms with Crippen LogP contribution < -0.4 is 0 Å². The van der Waals surface area contributed by atoms with Gasteiger partial charge in [0, 0.05) is 26.1 Å². The third kappa shape index (κ3) is 4.77. The minimum Gasteiger partial charge on any atom is -0.378 e. The molecule has 0 radical (unpaired) electrons. The molecule has 3 nitrogen and oxygen atoms in total. The van der Waals surface area contributed by atoms with Gasteiger partial charge in [-0.15, -0.1) is 0 Å². The molecule has 3 heteroatoms. The Labute approximate surface area is 115 Å². The van der Waals surface area contributed by atoms with Crippen molar-refractivity contribution in [3.05, 3.63) is 35.9 Å². The normalized spacial score (nSPS) is 17.5. The van der Waals surface area contributed by atoms with Crippen molar-refractivity contribution in [2.24, 2.45) is 0 Å². The molecule has 0 N–H and O–H groups in total. The lowest BCUT2D eigenvalue weighted by atomic mass is 10.1. The summed E-state index contributed by atoms with van der Waals surface area (Å²) in [7, 11) is 0. The Kier molecular flexibility index (Phi) is 5.55. The van der Waals surface area contributed by atoms with Crippen molar-refractivity contribution in [2.45, 2.75) is 32.3 Å². The molecule has 0 amide bonds. The SMILES string of the molecule is CCOC1CCN(CC(=O)Cc2ccccc2)CC1. The molecule has 2 rings (SSSR count). The summed E-state index contributed by atoms with van der Waals surface area (Å²) < 4.78 is 5.62. The highest BCUT2D eigenvalue weighted by molar-refractivity contribution is 5.82. The topological polar surface area (TPSA) is 29.5 Å². The van der Waals surface area contributed by atoms with Crippen LogP contribution in [0.15, 0.2) is 30.3 Å². The Morgan fingerprint density at radius 2 is 1.95 bits per heavy atom. The van der Waals surface area contributed by atoms with Crippen molar-refractivity contribution in [3.63, 3.8) is 0 Å². The van der Waals surface area contributed by atoms with Gasteiger partial charge < -0.3 is 4.74 Å². The molecule has 1 fully saturated rings. The van der Waals surface area contributed by atoms with E-state index in [0.717, 1.165) is 38.1 Å². The lowest BCUT2D eigenvalue weighted by Gasteiger charge is -2.31. The average molecular weight is 261 g/mol. The smallest absolute Gasteiger partial charge is 0.151 e. The molecule has 0 unspecified atom stereocenters. The predicted octanol–water partition coefficient (Wildman–Crippen LogP) is 2.30. The van der Waals surface area contributed by atoms with Crippen molar-refractivity contribution in [2.75, 3.05) is 26.2 Å². The van der Waals surface area contributed by atoms with E-state index >= 15 is 0 Å². The number of nitrogens with zero attached hydrogens (tertiary/aromatic N) is 1. The van der Waals surface area contributed by atoms with Crippen LogP contribution in [0.25, 0.3) is 0 Å². The summed E-state index contributed by atoms with van der Waals surface area (Å²) >= 11 is 0. The predicted molar refractivity (Wildman–Crippen MR) is 76.2 cm³/mol. The lowest BCUT2D eigenvalue weighted by molar-refractivity contribution is -0.120. The number of Topliss-reactive ketones (excluding diaryl/α,β-unsaturated/α-hetero) is 1. The first-order valence-corrected chi connectivity index (χ1v) is 7.17. The van der Waals surface area contributed by atoms with Crippen molar-refractivity contribution in [1.29, 1.82) is 0 Å². The fraction of sp³-hybridized carbons (Fsp3) is 0.562. The van der Waals surface area contributed by atoms with Crippen molar-refractivity contribution in [3.8, 4) is 0 Å². The molecule has 1 saturated heterocycles. The number of ketones is 1. The van der Waals surface area contributed by atoms with Gasteiger partial charge in [-0.05, 0) is 25.3 Å². The van der Waals surface area contributed by atoms with Gasteiger partial charge in [0.25, 0.3) is 0 Å². The Hall–Kier alpha value is -1.19. The van der Waals surface area contributed by atoms with E-state index in [1.165, 1.54) is 0 Å². The number of rotatable bonds is 6. The number of likely N-dealkylation sites (tertiary alicyclic amines) is 1. The number of hydrogen-bond acceptors (Lipinski definition) is 3. The molecule has 1 aliphatic rings. The molecule has 1 heterocycles. The first kappa shape index (κ1) is 14.2. The third-order valence-corrected chi connectivity index (χ3v) is 3.58. The highest BCUT2D eigenvalue weighted by atomic mass is 16.5. The van der Waals surface area contributed by atoms with Gasteiger partial charge in [-0.25, -0.2) is 0 Å². The number of piperidine rings is 1. The molecule has 1 aliphatic heterocycles. The highest BCUT2D eigenvalue weighted by Gasteiger charge is 2.20. The molecule has 0 aromatic heterocycles. The molecule has 1 aromatic carbocycles. The Morgan fingerprint density at radius 3 is 2.58 bits per heavy atom. The van der Waals surface area contributed by atoms with Gasteiger partial charge in [0.05, 0.1) is 12.6 Å². The Bertz CT molecular complexity index is 383. The van der Waals surface area contributed by atoms with E-state index in [-0.39, 0.29) is 0 Å². The quantitative estimate of drug-likeness (QED) is 0.787. The zero-order valence-corrected chi connectivity index (χ0v) is 11.7. The zero-order valence-electron chi connectivity index (χ0n) is 11.7. The fourth-order valence-corrected chi connectivity index (χ4v) is 2.60. The number of carbonyl (C=O) groups is 1. The molecule has 0 atom stereocenters. The van der Waals surface area contributed by atoms with E-state index in [4.69, 9.17) is 4.74 Å². The van der Waals surface area contributed by atoms with E-state index < -0.39 is 0 Å². The van der Waals surface area contributed by atoms with Crippen LogP contribution in [0.2, 0.25) is 0 Å². The minimum atomic E-state index is 0.307. The number of benzene rings is 1. The number of carbonyl (C=O) groups excluding carboxylic acids is 1. The van der Waals surface area contributed by atoms with Crippen LogP contribution in [-0.4, -0.2) is 43.0 Å². The first-order chi connectivity index (χ1) is 9.28. The molecule has 0 aliphatic carbocycles. The van der Waals surface area contributed by atoms with Gasteiger partial charge in [-0.2, -0.15) is 0 Å². The van der Waals surface area contributed by atoms with E-state index in [1.807, 2.05) is 37.3 Å². The van der Waals surface area contributed by atoms with Gasteiger partial charge in [-0.3, -0.25) is 9.69 Å². The summed E-state index contributed by atoms with van der Waals surface area (Å²) in [5.74, 6) is 0.307. The van der Waals surface area contributed by atoms with Crippen LogP contribution in [-0.2, 0) is 16.0 Å². The third-order valence-electron chi connectivity index (χ3n) is 3.58. The van der Waals surface area contributed by atoms with E-state index in [1.54, 1.807) is 0 Å². The maximum absolute atomic E-state index is 12.0. The van der Waals surface area contributed by atoms with Crippen LogP contribution in [0.5, 0.6) is 0 Å². The highest BCUT2D eigenvalue weighted by Crippen LogP contribution is 2.13. The Morgan fingerprint density at radius 1 is 1.26 bits per heavy atom. The van der Waals surface area contributed by atoms with Gasteiger partial charge in [0.1, 0.15) is 0 Å². The lowest BCUT2D eigenvalue weighted by Crippen LogP contribution is -2.40. The second-order valence-electron chi connectivity index (χ2n) is 5.13. The molecule has 1 aromatic rings. The number of ether oxygens (including phenoxy) is 1. The average Bonchev–Trinajstić information content (AvgIpc) is 2.42. The standard InChI is InChI=1S/C16H23NO2/c1-2-19-16-8-10-17(11-9-16)13-15(18)12-14-6-4-3-5-7-14/h3-7,16H,2,8-13H2,1H3. The van der Waals surface area contributed by atoms with Crippen LogP contribution >= 0.6 is 0 Å². The fourth-order valence-electron chi connectivity index (χ4n) is 2.60. The van der Waals surface area contributed by atoms with Gasteiger partial charge in [0.2, 0.25) is 0 Å². The van der Waals surface area contributed by atoms with Crippen molar-refractivity contribution in [1.82, 2.24) is 4.90 Å². The van der Waals surface area contributed by atoms with E-state index in [9.17, 15) is 4.79 Å². The van der Waals surface area contributed by atoms with Gasteiger partial charge in [-0.1, -0.05) is 30.3 Å². The molecule has 0 bridgehead atoms. The van der Waals surface area contributed by atoms with Gasteiger partial charge >= 0.3 is 0 Å².